The van der Waals surface area contributed by atoms with Crippen molar-refractivity contribution < 1.29 is 4.79 Å². The normalized spacial score (nSPS) is 19.8. The molecule has 0 radical (unpaired) electrons. The van der Waals surface area contributed by atoms with E-state index in [4.69, 9.17) is 28.9 Å². The van der Waals surface area contributed by atoms with Crippen molar-refractivity contribution in [2.75, 3.05) is 13.1 Å². The Morgan fingerprint density at radius 3 is 2.76 bits per heavy atom. The summed E-state index contributed by atoms with van der Waals surface area (Å²) in [5.74, 6) is 0.537. The molecule has 2 atom stereocenters. The second-order valence-corrected chi connectivity index (χ2v) is 6.34. The van der Waals surface area contributed by atoms with Gasteiger partial charge in [0, 0.05) is 19.1 Å². The topological polar surface area (TPSA) is 46.3 Å². The van der Waals surface area contributed by atoms with E-state index in [-0.39, 0.29) is 24.4 Å². The number of likely N-dealkylation sites (tertiary alicyclic amines) is 1. The number of carbonyl (C=O) groups excluding carboxylic acids is 1. The number of nitrogens with zero attached hydrogens (tertiary/aromatic N) is 1. The first-order valence-electron chi connectivity index (χ1n) is 6.94. The largest absolute Gasteiger partial charge is 0.342 e. The van der Waals surface area contributed by atoms with Gasteiger partial charge in [-0.15, -0.1) is 12.4 Å². The van der Waals surface area contributed by atoms with Gasteiger partial charge in [0.2, 0.25) is 5.91 Å². The van der Waals surface area contributed by atoms with E-state index in [1.165, 1.54) is 0 Å². The molecule has 0 bridgehead atoms. The van der Waals surface area contributed by atoms with E-state index in [1.807, 2.05) is 17.9 Å². The van der Waals surface area contributed by atoms with Crippen LogP contribution in [0.25, 0.3) is 0 Å². The van der Waals surface area contributed by atoms with Crippen molar-refractivity contribution in [3.8, 4) is 0 Å². The highest BCUT2D eigenvalue weighted by Gasteiger charge is 2.25. The van der Waals surface area contributed by atoms with Crippen LogP contribution in [-0.2, 0) is 11.2 Å². The van der Waals surface area contributed by atoms with E-state index in [2.05, 4.69) is 0 Å². The number of benzene rings is 1. The third kappa shape index (κ3) is 5.03. The monoisotopic (exact) mass is 350 g/mol. The molecule has 21 heavy (non-hydrogen) atoms. The van der Waals surface area contributed by atoms with Crippen LogP contribution in [0.1, 0.15) is 25.3 Å². The van der Waals surface area contributed by atoms with Crippen LogP contribution in [0.3, 0.4) is 0 Å². The van der Waals surface area contributed by atoms with Crippen molar-refractivity contribution in [3.05, 3.63) is 33.8 Å². The maximum Gasteiger partial charge on any atom is 0.227 e. The molecule has 0 aromatic heterocycles. The Kier molecular flexibility index (Phi) is 7.28. The second-order valence-electron chi connectivity index (χ2n) is 5.53. The maximum absolute atomic E-state index is 12.3. The van der Waals surface area contributed by atoms with E-state index >= 15 is 0 Å². The smallest absolute Gasteiger partial charge is 0.227 e. The summed E-state index contributed by atoms with van der Waals surface area (Å²) in [6, 6.07) is 5.47. The molecule has 1 heterocycles. The number of piperidine rings is 1. The molecule has 1 aromatic rings. The molecule has 1 fully saturated rings. The van der Waals surface area contributed by atoms with Crippen LogP contribution in [0.2, 0.25) is 10.0 Å². The Hall–Kier alpha value is -0.480. The molecule has 0 spiro atoms. The fourth-order valence-electron chi connectivity index (χ4n) is 2.60. The predicted octanol–water partition coefficient (Wildman–Crippen LogP) is 3.54. The van der Waals surface area contributed by atoms with Gasteiger partial charge < -0.3 is 10.6 Å². The Bertz CT molecular complexity index is 494. The molecule has 1 aliphatic heterocycles. The molecule has 2 rings (SSSR count). The highest BCUT2D eigenvalue weighted by molar-refractivity contribution is 6.42. The van der Waals surface area contributed by atoms with E-state index in [9.17, 15) is 4.79 Å². The predicted molar refractivity (Wildman–Crippen MR) is 90.4 cm³/mol. The molecular weight excluding hydrogens is 331 g/mol. The summed E-state index contributed by atoms with van der Waals surface area (Å²) in [6.07, 6.45) is 2.50. The average molecular weight is 352 g/mol. The third-order valence-electron chi connectivity index (χ3n) is 3.89. The number of hydrogen-bond acceptors (Lipinski definition) is 2. The minimum Gasteiger partial charge on any atom is -0.342 e. The Morgan fingerprint density at radius 1 is 1.43 bits per heavy atom. The van der Waals surface area contributed by atoms with Crippen molar-refractivity contribution in [3.63, 3.8) is 0 Å². The molecule has 0 aliphatic carbocycles. The quantitative estimate of drug-likeness (QED) is 0.905. The second kappa shape index (κ2) is 8.23. The first kappa shape index (κ1) is 18.6. The number of rotatable bonds is 3. The highest BCUT2D eigenvalue weighted by atomic mass is 35.5. The van der Waals surface area contributed by atoms with Gasteiger partial charge >= 0.3 is 0 Å². The summed E-state index contributed by atoms with van der Waals surface area (Å²) in [4.78, 5) is 14.3. The van der Waals surface area contributed by atoms with Gasteiger partial charge in [-0.25, -0.2) is 0 Å². The van der Waals surface area contributed by atoms with E-state index in [1.54, 1.807) is 12.1 Å². The summed E-state index contributed by atoms with van der Waals surface area (Å²) >= 11 is 11.9. The molecule has 2 N–H and O–H groups in total. The molecule has 1 aliphatic rings. The molecular formula is C15H21Cl3N2O. The molecule has 118 valence electrons. The van der Waals surface area contributed by atoms with E-state index < -0.39 is 0 Å². The highest BCUT2D eigenvalue weighted by Crippen LogP contribution is 2.24. The fraction of sp³-hybridized carbons (Fsp3) is 0.533. The number of amides is 1. The molecule has 3 nitrogen and oxygen atoms in total. The summed E-state index contributed by atoms with van der Waals surface area (Å²) in [7, 11) is 0. The van der Waals surface area contributed by atoms with Crippen LogP contribution in [0.5, 0.6) is 0 Å². The van der Waals surface area contributed by atoms with Crippen LogP contribution in [0.15, 0.2) is 18.2 Å². The van der Waals surface area contributed by atoms with Gasteiger partial charge in [0.25, 0.3) is 0 Å². The van der Waals surface area contributed by atoms with Crippen molar-refractivity contribution >= 4 is 41.5 Å². The Balaban J connectivity index is 0.00000220. The van der Waals surface area contributed by atoms with Gasteiger partial charge in [-0.3, -0.25) is 4.79 Å². The zero-order valence-corrected chi connectivity index (χ0v) is 14.3. The van der Waals surface area contributed by atoms with Crippen molar-refractivity contribution in [2.24, 2.45) is 11.7 Å². The lowest BCUT2D eigenvalue weighted by Crippen LogP contribution is -2.45. The fourth-order valence-corrected chi connectivity index (χ4v) is 2.92. The van der Waals surface area contributed by atoms with Crippen molar-refractivity contribution in [2.45, 2.75) is 32.2 Å². The zero-order chi connectivity index (χ0) is 14.7. The standard InChI is InChI=1S/C15H20Cl2N2O.ClH/c1-10(18)12-3-2-6-19(9-12)15(20)8-11-4-5-13(16)14(17)7-11;/h4-5,7,10,12H,2-3,6,8-9,18H2,1H3;1H. The molecule has 6 heteroatoms. The average Bonchev–Trinajstić information content (AvgIpc) is 2.43. The molecule has 2 unspecified atom stereocenters. The van der Waals surface area contributed by atoms with Crippen LogP contribution in [0.4, 0.5) is 0 Å². The van der Waals surface area contributed by atoms with E-state index in [0.29, 0.717) is 22.4 Å². The molecule has 1 aromatic carbocycles. The minimum absolute atomic E-state index is 0. The Labute approximate surface area is 142 Å². The van der Waals surface area contributed by atoms with Gasteiger partial charge in [-0.2, -0.15) is 0 Å². The lowest BCUT2D eigenvalue weighted by molar-refractivity contribution is -0.132. The number of hydrogen-bond donors (Lipinski definition) is 1. The maximum atomic E-state index is 12.3. The summed E-state index contributed by atoms with van der Waals surface area (Å²) in [6.45, 7) is 3.60. The van der Waals surface area contributed by atoms with Crippen LogP contribution < -0.4 is 5.73 Å². The van der Waals surface area contributed by atoms with Crippen molar-refractivity contribution in [1.82, 2.24) is 4.90 Å². The lowest BCUT2D eigenvalue weighted by Gasteiger charge is -2.34. The molecule has 1 amide bonds. The SMILES string of the molecule is CC(N)C1CCCN(C(=O)Cc2ccc(Cl)c(Cl)c2)C1.Cl. The number of carbonyl (C=O) groups is 1. The molecule has 0 saturated carbocycles. The first-order chi connectivity index (χ1) is 9.47. The van der Waals surface area contributed by atoms with E-state index in [0.717, 1.165) is 31.5 Å². The Morgan fingerprint density at radius 2 is 2.14 bits per heavy atom. The van der Waals surface area contributed by atoms with Gasteiger partial charge in [-0.05, 0) is 43.4 Å². The first-order valence-corrected chi connectivity index (χ1v) is 7.70. The third-order valence-corrected chi connectivity index (χ3v) is 4.63. The zero-order valence-electron chi connectivity index (χ0n) is 12.0. The summed E-state index contributed by atoms with van der Waals surface area (Å²) < 4.78 is 0. The lowest BCUT2D eigenvalue weighted by atomic mass is 9.92. The van der Waals surface area contributed by atoms with Crippen LogP contribution in [-0.4, -0.2) is 29.9 Å². The van der Waals surface area contributed by atoms with Gasteiger partial charge in [0.1, 0.15) is 0 Å². The van der Waals surface area contributed by atoms with Crippen molar-refractivity contribution in [1.29, 1.82) is 0 Å². The summed E-state index contributed by atoms with van der Waals surface area (Å²) in [5.41, 5.74) is 6.84. The number of halogens is 3. The minimum atomic E-state index is 0. The van der Waals surface area contributed by atoms with Gasteiger partial charge in [-0.1, -0.05) is 29.3 Å². The van der Waals surface area contributed by atoms with Crippen LogP contribution in [0, 0.1) is 5.92 Å². The van der Waals surface area contributed by atoms with Gasteiger partial charge in [0.05, 0.1) is 16.5 Å². The van der Waals surface area contributed by atoms with Gasteiger partial charge in [0.15, 0.2) is 0 Å². The molecule has 1 saturated heterocycles. The van der Waals surface area contributed by atoms with Crippen LogP contribution >= 0.6 is 35.6 Å². The number of nitrogens with two attached hydrogens (primary N) is 1. The summed E-state index contributed by atoms with van der Waals surface area (Å²) in [5, 5.41) is 1.00.